The van der Waals surface area contributed by atoms with Crippen LogP contribution in [-0.4, -0.2) is 29.3 Å². The van der Waals surface area contributed by atoms with Gasteiger partial charge in [-0.05, 0) is 31.4 Å². The Bertz CT molecular complexity index is 548. The normalized spacial score (nSPS) is 11.6. The first-order chi connectivity index (χ1) is 10.2. The van der Waals surface area contributed by atoms with E-state index in [0.717, 1.165) is 50.6 Å². The van der Waals surface area contributed by atoms with Crippen LogP contribution in [0.1, 0.15) is 33.0 Å². The zero-order valence-corrected chi connectivity index (χ0v) is 13.4. The summed E-state index contributed by atoms with van der Waals surface area (Å²) in [4.78, 5) is 4.70. The molecule has 0 radical (unpaired) electrons. The minimum atomic E-state index is 0.711. The van der Waals surface area contributed by atoms with E-state index in [0.29, 0.717) is 5.92 Å². The summed E-state index contributed by atoms with van der Waals surface area (Å²) in [6.45, 7) is 10.8. The number of hydrogen-bond acceptors (Lipinski definition) is 3. The molecule has 0 saturated heterocycles. The molecule has 0 aliphatic rings. The number of hydrogen-bond donors (Lipinski definition) is 1. The van der Waals surface area contributed by atoms with Crippen molar-refractivity contribution in [3.63, 3.8) is 0 Å². The smallest absolute Gasteiger partial charge is 0.123 e. The first-order valence-corrected chi connectivity index (χ1v) is 7.95. The van der Waals surface area contributed by atoms with E-state index in [9.17, 15) is 0 Å². The van der Waals surface area contributed by atoms with Gasteiger partial charge in [0, 0.05) is 19.7 Å². The predicted molar refractivity (Wildman–Crippen MR) is 87.4 cm³/mol. The molecule has 0 amide bonds. The van der Waals surface area contributed by atoms with Gasteiger partial charge < -0.3 is 14.6 Å². The summed E-state index contributed by atoms with van der Waals surface area (Å²) < 4.78 is 7.87. The van der Waals surface area contributed by atoms with Crippen LogP contribution >= 0.6 is 0 Å². The number of nitrogens with zero attached hydrogens (tertiary/aromatic N) is 2. The fourth-order valence-corrected chi connectivity index (χ4v) is 2.38. The second-order valence-electron chi connectivity index (χ2n) is 5.73. The number of imidazole rings is 1. The SMILES string of the molecule is CCn1c(CNCCOCCC(C)C)nc2ccccc21. The Morgan fingerprint density at radius 3 is 2.81 bits per heavy atom. The highest BCUT2D eigenvalue weighted by molar-refractivity contribution is 5.75. The third-order valence-corrected chi connectivity index (χ3v) is 3.60. The first-order valence-electron chi connectivity index (χ1n) is 7.95. The average Bonchev–Trinajstić information content (AvgIpc) is 2.83. The monoisotopic (exact) mass is 289 g/mol. The van der Waals surface area contributed by atoms with E-state index in [4.69, 9.17) is 9.72 Å². The van der Waals surface area contributed by atoms with Crippen molar-refractivity contribution in [1.29, 1.82) is 0 Å². The molecular weight excluding hydrogens is 262 g/mol. The Balaban J connectivity index is 1.78. The Morgan fingerprint density at radius 1 is 1.24 bits per heavy atom. The van der Waals surface area contributed by atoms with Gasteiger partial charge in [-0.1, -0.05) is 26.0 Å². The first kappa shape index (κ1) is 16.0. The van der Waals surface area contributed by atoms with Gasteiger partial charge in [-0.3, -0.25) is 0 Å². The predicted octanol–water partition coefficient (Wildman–Crippen LogP) is 3.21. The van der Waals surface area contributed by atoms with Crippen LogP contribution in [-0.2, 0) is 17.8 Å². The van der Waals surface area contributed by atoms with Crippen LogP contribution in [0, 0.1) is 5.92 Å². The molecule has 0 aliphatic carbocycles. The van der Waals surface area contributed by atoms with Crippen molar-refractivity contribution in [2.45, 2.75) is 40.3 Å². The molecule has 4 nitrogen and oxygen atoms in total. The van der Waals surface area contributed by atoms with Gasteiger partial charge in [-0.2, -0.15) is 0 Å². The number of rotatable bonds is 9. The standard InChI is InChI=1S/C17H27N3O/c1-4-20-16-8-6-5-7-15(16)19-17(20)13-18-10-12-21-11-9-14(2)3/h5-8,14,18H,4,9-13H2,1-3H3. The third kappa shape index (κ3) is 4.55. The number of nitrogens with one attached hydrogen (secondary N) is 1. The van der Waals surface area contributed by atoms with Gasteiger partial charge in [0.1, 0.15) is 5.82 Å². The van der Waals surface area contributed by atoms with Crippen LogP contribution in [0.4, 0.5) is 0 Å². The van der Waals surface area contributed by atoms with E-state index in [2.05, 4.69) is 48.9 Å². The van der Waals surface area contributed by atoms with Gasteiger partial charge in [0.2, 0.25) is 0 Å². The largest absolute Gasteiger partial charge is 0.380 e. The lowest BCUT2D eigenvalue weighted by atomic mass is 10.1. The highest BCUT2D eigenvalue weighted by Crippen LogP contribution is 2.15. The summed E-state index contributed by atoms with van der Waals surface area (Å²) in [5.74, 6) is 1.81. The van der Waals surface area contributed by atoms with Crippen molar-refractivity contribution in [2.24, 2.45) is 5.92 Å². The molecular formula is C17H27N3O. The van der Waals surface area contributed by atoms with E-state index in [1.165, 1.54) is 5.52 Å². The molecule has 0 fully saturated rings. The van der Waals surface area contributed by atoms with E-state index in [1.54, 1.807) is 0 Å². The minimum Gasteiger partial charge on any atom is -0.380 e. The molecule has 2 aromatic rings. The fourth-order valence-electron chi connectivity index (χ4n) is 2.38. The molecule has 2 rings (SSSR count). The molecule has 0 saturated carbocycles. The lowest BCUT2D eigenvalue weighted by Gasteiger charge is -2.09. The number of para-hydroxylation sites is 2. The molecule has 0 aliphatic heterocycles. The van der Waals surface area contributed by atoms with Crippen LogP contribution in [0.3, 0.4) is 0 Å². The Kier molecular flexibility index (Phi) is 6.21. The Morgan fingerprint density at radius 2 is 2.05 bits per heavy atom. The van der Waals surface area contributed by atoms with E-state index < -0.39 is 0 Å². The Labute approximate surface area is 127 Å². The molecule has 1 aromatic heterocycles. The highest BCUT2D eigenvalue weighted by atomic mass is 16.5. The highest BCUT2D eigenvalue weighted by Gasteiger charge is 2.07. The summed E-state index contributed by atoms with van der Waals surface area (Å²) in [5.41, 5.74) is 2.29. The Hall–Kier alpha value is -1.39. The maximum Gasteiger partial charge on any atom is 0.123 e. The average molecular weight is 289 g/mol. The topological polar surface area (TPSA) is 39.1 Å². The van der Waals surface area contributed by atoms with Crippen molar-refractivity contribution < 1.29 is 4.74 Å². The summed E-state index contributed by atoms with van der Waals surface area (Å²) in [7, 11) is 0. The number of ether oxygens (including phenoxy) is 1. The summed E-state index contributed by atoms with van der Waals surface area (Å²) in [6, 6.07) is 8.30. The molecule has 0 unspecified atom stereocenters. The summed E-state index contributed by atoms with van der Waals surface area (Å²) >= 11 is 0. The van der Waals surface area contributed by atoms with Crippen molar-refractivity contribution in [3.05, 3.63) is 30.1 Å². The summed E-state index contributed by atoms with van der Waals surface area (Å²) in [5, 5.41) is 3.42. The second-order valence-corrected chi connectivity index (χ2v) is 5.73. The van der Waals surface area contributed by atoms with Crippen LogP contribution in [0.15, 0.2) is 24.3 Å². The van der Waals surface area contributed by atoms with Crippen molar-refractivity contribution in [1.82, 2.24) is 14.9 Å². The third-order valence-electron chi connectivity index (χ3n) is 3.60. The van der Waals surface area contributed by atoms with Gasteiger partial charge in [0.05, 0.1) is 24.2 Å². The molecule has 1 aromatic carbocycles. The van der Waals surface area contributed by atoms with Crippen molar-refractivity contribution in [2.75, 3.05) is 19.8 Å². The quantitative estimate of drug-likeness (QED) is 0.721. The van der Waals surface area contributed by atoms with Crippen molar-refractivity contribution >= 4 is 11.0 Å². The zero-order chi connectivity index (χ0) is 15.1. The molecule has 4 heteroatoms. The maximum absolute atomic E-state index is 5.61. The molecule has 21 heavy (non-hydrogen) atoms. The number of aryl methyl sites for hydroxylation is 1. The summed E-state index contributed by atoms with van der Waals surface area (Å²) in [6.07, 6.45) is 1.13. The van der Waals surface area contributed by atoms with Crippen LogP contribution < -0.4 is 5.32 Å². The van der Waals surface area contributed by atoms with E-state index >= 15 is 0 Å². The minimum absolute atomic E-state index is 0.711. The number of fused-ring (bicyclic) bond motifs is 1. The molecule has 0 bridgehead atoms. The van der Waals surface area contributed by atoms with Crippen LogP contribution in [0.2, 0.25) is 0 Å². The lowest BCUT2D eigenvalue weighted by Crippen LogP contribution is -2.21. The lowest BCUT2D eigenvalue weighted by molar-refractivity contribution is 0.125. The second kappa shape index (κ2) is 8.15. The fraction of sp³-hybridized carbons (Fsp3) is 0.588. The van der Waals surface area contributed by atoms with Crippen molar-refractivity contribution in [3.8, 4) is 0 Å². The molecule has 116 valence electrons. The van der Waals surface area contributed by atoms with Crippen LogP contribution in [0.5, 0.6) is 0 Å². The van der Waals surface area contributed by atoms with Gasteiger partial charge in [0.15, 0.2) is 0 Å². The van der Waals surface area contributed by atoms with Gasteiger partial charge in [0.25, 0.3) is 0 Å². The molecule has 1 heterocycles. The molecule has 0 atom stereocenters. The molecule has 1 N–H and O–H groups in total. The van der Waals surface area contributed by atoms with Gasteiger partial charge in [-0.15, -0.1) is 0 Å². The molecule has 0 spiro atoms. The van der Waals surface area contributed by atoms with Gasteiger partial charge in [-0.25, -0.2) is 4.98 Å². The van der Waals surface area contributed by atoms with E-state index in [-0.39, 0.29) is 0 Å². The number of aromatic nitrogens is 2. The van der Waals surface area contributed by atoms with E-state index in [1.807, 2.05) is 6.07 Å². The maximum atomic E-state index is 5.61. The zero-order valence-electron chi connectivity index (χ0n) is 13.4. The van der Waals surface area contributed by atoms with Gasteiger partial charge >= 0.3 is 0 Å². The van der Waals surface area contributed by atoms with Crippen LogP contribution in [0.25, 0.3) is 11.0 Å². The number of benzene rings is 1.